The predicted octanol–water partition coefficient (Wildman–Crippen LogP) is 1.74. The molecule has 2 atom stereocenters. The van der Waals surface area contributed by atoms with Crippen molar-refractivity contribution in [1.82, 2.24) is 10.2 Å². The van der Waals surface area contributed by atoms with Crippen molar-refractivity contribution in [3.8, 4) is 0 Å². The number of primary amides is 1. The monoisotopic (exact) mass is 439 g/mol. The molecule has 3 amide bonds. The van der Waals surface area contributed by atoms with Gasteiger partial charge in [-0.25, -0.2) is 4.39 Å². The third-order valence-corrected chi connectivity index (χ3v) is 6.43. The molecule has 1 aromatic rings. The van der Waals surface area contributed by atoms with E-state index in [1.54, 1.807) is 0 Å². The average Bonchev–Trinajstić information content (AvgIpc) is 2.97. The van der Waals surface area contributed by atoms with Gasteiger partial charge in [-0.15, -0.1) is 0 Å². The number of carbonyl (C=O) groups excluding carboxylic acids is 3. The zero-order valence-corrected chi connectivity index (χ0v) is 17.6. The van der Waals surface area contributed by atoms with Crippen LogP contribution in [0.2, 0.25) is 5.02 Å². The van der Waals surface area contributed by atoms with E-state index in [1.165, 1.54) is 17.0 Å². The molecule has 1 aliphatic heterocycles. The van der Waals surface area contributed by atoms with Gasteiger partial charge in [0.15, 0.2) is 0 Å². The van der Waals surface area contributed by atoms with Crippen LogP contribution in [0.25, 0.3) is 0 Å². The molecule has 3 rings (SSSR count). The summed E-state index contributed by atoms with van der Waals surface area (Å²) in [6.07, 6.45) is 3.27. The summed E-state index contributed by atoms with van der Waals surface area (Å²) >= 11 is 5.80. The first kappa shape index (κ1) is 22.5. The fourth-order valence-corrected chi connectivity index (χ4v) is 4.73. The molecular weight excluding hydrogens is 413 g/mol. The molecule has 4 N–H and O–H groups in total. The first-order chi connectivity index (χ1) is 14.1. The van der Waals surface area contributed by atoms with Crippen molar-refractivity contribution in [3.63, 3.8) is 0 Å². The minimum atomic E-state index is -2.28. The summed E-state index contributed by atoms with van der Waals surface area (Å²) in [4.78, 5) is 39.0. The molecule has 2 aliphatic rings. The lowest BCUT2D eigenvalue weighted by atomic mass is 9.78. The molecule has 1 heterocycles. The van der Waals surface area contributed by atoms with E-state index in [-0.39, 0.29) is 30.5 Å². The molecule has 0 bridgehead atoms. The average molecular weight is 440 g/mol. The number of rotatable bonds is 6. The summed E-state index contributed by atoms with van der Waals surface area (Å²) in [6, 6.07) is 2.97. The second-order valence-corrected chi connectivity index (χ2v) is 8.87. The van der Waals surface area contributed by atoms with Crippen LogP contribution < -0.4 is 11.1 Å². The predicted molar refractivity (Wildman–Crippen MR) is 109 cm³/mol. The second-order valence-electron chi connectivity index (χ2n) is 8.44. The molecule has 7 nitrogen and oxygen atoms in total. The van der Waals surface area contributed by atoms with Crippen molar-refractivity contribution >= 4 is 29.3 Å². The highest BCUT2D eigenvalue weighted by Gasteiger charge is 2.54. The number of nitrogens with two attached hydrogens (primary N) is 1. The minimum absolute atomic E-state index is 0.0637. The number of carbonyl (C=O) groups is 3. The van der Waals surface area contributed by atoms with Crippen molar-refractivity contribution in [2.75, 3.05) is 6.54 Å². The number of likely N-dealkylation sites (tertiary alicyclic amines) is 1. The number of amides is 3. The third kappa shape index (κ3) is 4.59. The van der Waals surface area contributed by atoms with E-state index in [0.29, 0.717) is 11.5 Å². The Kier molecular flexibility index (Phi) is 6.67. The lowest BCUT2D eigenvalue weighted by Crippen LogP contribution is -2.57. The van der Waals surface area contributed by atoms with E-state index in [0.717, 1.165) is 31.7 Å². The fourth-order valence-electron chi connectivity index (χ4n) is 4.49. The number of benzene rings is 1. The lowest BCUT2D eigenvalue weighted by molar-refractivity contribution is -0.157. The van der Waals surface area contributed by atoms with Crippen LogP contribution >= 0.6 is 11.6 Å². The molecule has 0 aromatic heterocycles. The standard InChI is InChI=1S/C21H27ClFN3O4/c1-12-2-4-14(5-3-12)17(18(24)27)26-7-6-21(30,20(26)29)19(28)25-11-13-8-15(22)10-16(23)9-13/h8-10,12,14,17,30H,2-7,11H2,1H3,(H2,24,27)(H,25,28). The largest absolute Gasteiger partial charge is 0.372 e. The third-order valence-electron chi connectivity index (χ3n) is 6.21. The van der Waals surface area contributed by atoms with Crippen molar-refractivity contribution in [1.29, 1.82) is 0 Å². The Morgan fingerprint density at radius 1 is 1.33 bits per heavy atom. The van der Waals surface area contributed by atoms with Crippen molar-refractivity contribution in [2.24, 2.45) is 17.6 Å². The van der Waals surface area contributed by atoms with Crippen LogP contribution in [-0.2, 0) is 20.9 Å². The van der Waals surface area contributed by atoms with Gasteiger partial charge in [0, 0.05) is 24.5 Å². The number of aliphatic hydroxyl groups is 1. The van der Waals surface area contributed by atoms with Crippen LogP contribution in [0.5, 0.6) is 0 Å². The second kappa shape index (κ2) is 8.89. The zero-order chi connectivity index (χ0) is 22.1. The van der Waals surface area contributed by atoms with E-state index in [4.69, 9.17) is 17.3 Å². The quantitative estimate of drug-likeness (QED) is 0.586. The summed E-state index contributed by atoms with van der Waals surface area (Å²) in [5, 5.41) is 13.4. The van der Waals surface area contributed by atoms with E-state index in [9.17, 15) is 23.9 Å². The van der Waals surface area contributed by atoms with Crippen LogP contribution in [-0.4, -0.2) is 45.9 Å². The van der Waals surface area contributed by atoms with Crippen molar-refractivity contribution in [3.05, 3.63) is 34.6 Å². The molecule has 164 valence electrons. The summed E-state index contributed by atoms with van der Waals surface area (Å²) in [5.41, 5.74) is 3.72. The van der Waals surface area contributed by atoms with E-state index < -0.39 is 35.2 Å². The molecule has 0 spiro atoms. The molecule has 1 saturated heterocycles. The van der Waals surface area contributed by atoms with E-state index >= 15 is 0 Å². The summed E-state index contributed by atoms with van der Waals surface area (Å²) in [5.74, 6) is -2.41. The number of halogens is 2. The topological polar surface area (TPSA) is 113 Å². The Morgan fingerprint density at radius 3 is 2.60 bits per heavy atom. The first-order valence-electron chi connectivity index (χ1n) is 10.2. The molecule has 1 aromatic carbocycles. The summed E-state index contributed by atoms with van der Waals surface area (Å²) in [6.45, 7) is 2.10. The van der Waals surface area contributed by atoms with Gasteiger partial charge in [-0.3, -0.25) is 14.4 Å². The molecule has 0 radical (unpaired) electrons. The first-order valence-corrected chi connectivity index (χ1v) is 10.6. The maximum Gasteiger partial charge on any atom is 0.265 e. The zero-order valence-electron chi connectivity index (χ0n) is 16.9. The molecule has 9 heteroatoms. The molecular formula is C21H27ClFN3O4. The molecule has 2 unspecified atom stereocenters. The van der Waals surface area contributed by atoms with Crippen LogP contribution in [0, 0.1) is 17.7 Å². The number of hydrogen-bond donors (Lipinski definition) is 3. The number of hydrogen-bond acceptors (Lipinski definition) is 4. The van der Waals surface area contributed by atoms with Gasteiger partial charge >= 0.3 is 0 Å². The normalized spacial score (nSPS) is 27.7. The van der Waals surface area contributed by atoms with Gasteiger partial charge in [-0.05, 0) is 48.4 Å². The van der Waals surface area contributed by atoms with E-state index in [1.807, 2.05) is 0 Å². The minimum Gasteiger partial charge on any atom is -0.372 e. The Bertz CT molecular complexity index is 823. The van der Waals surface area contributed by atoms with Gasteiger partial charge in [-0.1, -0.05) is 31.4 Å². The molecule has 2 fully saturated rings. The van der Waals surface area contributed by atoms with Crippen LogP contribution in [0.1, 0.15) is 44.6 Å². The molecule has 30 heavy (non-hydrogen) atoms. The van der Waals surface area contributed by atoms with Crippen molar-refractivity contribution < 1.29 is 23.9 Å². The van der Waals surface area contributed by atoms with Gasteiger partial charge in [0.1, 0.15) is 11.9 Å². The van der Waals surface area contributed by atoms with Gasteiger partial charge in [0.05, 0.1) is 0 Å². The lowest BCUT2D eigenvalue weighted by Gasteiger charge is -2.36. The Morgan fingerprint density at radius 2 is 2.00 bits per heavy atom. The number of nitrogens with one attached hydrogen (secondary N) is 1. The highest BCUT2D eigenvalue weighted by atomic mass is 35.5. The van der Waals surface area contributed by atoms with Gasteiger partial charge in [0.25, 0.3) is 11.8 Å². The van der Waals surface area contributed by atoms with Gasteiger partial charge in [0.2, 0.25) is 11.5 Å². The van der Waals surface area contributed by atoms with Gasteiger partial charge < -0.3 is 21.1 Å². The summed E-state index contributed by atoms with van der Waals surface area (Å²) < 4.78 is 13.5. The van der Waals surface area contributed by atoms with Gasteiger partial charge in [-0.2, -0.15) is 0 Å². The summed E-state index contributed by atoms with van der Waals surface area (Å²) in [7, 11) is 0. The highest BCUT2D eigenvalue weighted by molar-refractivity contribution is 6.30. The SMILES string of the molecule is CC1CCC(C(C(N)=O)N2CCC(O)(C(=O)NCc3cc(F)cc(Cl)c3)C2=O)CC1. The number of nitrogens with zero attached hydrogens (tertiary/aromatic N) is 1. The van der Waals surface area contributed by atoms with Crippen LogP contribution in [0.3, 0.4) is 0 Å². The van der Waals surface area contributed by atoms with E-state index in [2.05, 4.69) is 12.2 Å². The van der Waals surface area contributed by atoms with Crippen molar-refractivity contribution in [2.45, 2.75) is 57.2 Å². The van der Waals surface area contributed by atoms with Crippen LogP contribution in [0.4, 0.5) is 4.39 Å². The highest BCUT2D eigenvalue weighted by Crippen LogP contribution is 2.35. The van der Waals surface area contributed by atoms with Crippen LogP contribution in [0.15, 0.2) is 18.2 Å². The Hall–Kier alpha value is -2.19. The molecule has 1 aliphatic carbocycles. The fraction of sp³-hybridized carbons (Fsp3) is 0.571. The smallest absolute Gasteiger partial charge is 0.265 e. The Balaban J connectivity index is 1.69. The maximum absolute atomic E-state index is 13.5. The Labute approximate surface area is 179 Å². The maximum atomic E-state index is 13.5. The molecule has 1 saturated carbocycles.